The van der Waals surface area contributed by atoms with Crippen molar-refractivity contribution in [2.24, 2.45) is 5.92 Å². The van der Waals surface area contributed by atoms with Crippen LogP contribution in [0, 0.1) is 5.92 Å². The molecule has 0 unspecified atom stereocenters. The first kappa shape index (κ1) is 19.6. The maximum absolute atomic E-state index is 12.7. The molecule has 0 aliphatic carbocycles. The van der Waals surface area contributed by atoms with E-state index in [2.05, 4.69) is 5.32 Å². The Labute approximate surface area is 156 Å². The molecule has 0 radical (unpaired) electrons. The van der Waals surface area contributed by atoms with Crippen molar-refractivity contribution in [3.63, 3.8) is 0 Å². The number of halogens is 1. The third-order valence-corrected chi connectivity index (χ3v) is 4.10. The predicted molar refractivity (Wildman–Crippen MR) is 96.4 cm³/mol. The minimum atomic E-state index is -1.29. The predicted octanol–water partition coefficient (Wildman–Crippen LogP) is 2.29. The van der Waals surface area contributed by atoms with Crippen molar-refractivity contribution in [2.75, 3.05) is 19.5 Å². The van der Waals surface area contributed by atoms with Crippen molar-refractivity contribution in [3.05, 3.63) is 53.1 Å². The molecular formula is C19H19ClNO5-. The van der Waals surface area contributed by atoms with Gasteiger partial charge in [0, 0.05) is 23.0 Å². The Bertz CT molecular complexity index is 776. The summed E-state index contributed by atoms with van der Waals surface area (Å²) in [5.74, 6) is -1.57. The molecule has 0 heterocycles. The maximum Gasteiger partial charge on any atom is 0.228 e. The first-order chi connectivity index (χ1) is 12.4. The van der Waals surface area contributed by atoms with Crippen LogP contribution in [0.25, 0.3) is 0 Å². The molecule has 6 nitrogen and oxygen atoms in total. The summed E-state index contributed by atoms with van der Waals surface area (Å²) in [5, 5.41) is 14.4. The van der Waals surface area contributed by atoms with E-state index in [1.807, 2.05) is 0 Å². The summed E-state index contributed by atoms with van der Waals surface area (Å²) >= 11 is 5.86. The zero-order valence-corrected chi connectivity index (χ0v) is 15.2. The van der Waals surface area contributed by atoms with Crippen molar-refractivity contribution in [1.29, 1.82) is 0 Å². The largest absolute Gasteiger partial charge is 0.550 e. The summed E-state index contributed by atoms with van der Waals surface area (Å²) in [6.45, 7) is 0. The van der Waals surface area contributed by atoms with Gasteiger partial charge in [-0.05, 0) is 42.7 Å². The van der Waals surface area contributed by atoms with E-state index in [9.17, 15) is 14.7 Å². The highest BCUT2D eigenvalue weighted by molar-refractivity contribution is 6.30. The molecule has 0 fully saturated rings. The minimum absolute atomic E-state index is 0.239. The lowest BCUT2D eigenvalue weighted by molar-refractivity contribution is -0.306. The summed E-state index contributed by atoms with van der Waals surface area (Å²) in [6.07, 6.45) is -0.163. The van der Waals surface area contributed by atoms with Gasteiger partial charge in [0.15, 0.2) is 0 Å². The molecule has 138 valence electrons. The average Bonchev–Trinajstić information content (AvgIpc) is 2.62. The number of benzene rings is 2. The molecule has 0 aliphatic rings. The zero-order chi connectivity index (χ0) is 19.1. The van der Waals surface area contributed by atoms with E-state index in [1.165, 1.54) is 14.2 Å². The molecule has 0 spiro atoms. The molecule has 2 aromatic rings. The van der Waals surface area contributed by atoms with Gasteiger partial charge in [0.05, 0.1) is 19.9 Å². The van der Waals surface area contributed by atoms with Crippen LogP contribution in [0.2, 0.25) is 5.02 Å². The van der Waals surface area contributed by atoms with Gasteiger partial charge in [-0.15, -0.1) is 0 Å². The van der Waals surface area contributed by atoms with Crippen LogP contribution >= 0.6 is 11.6 Å². The van der Waals surface area contributed by atoms with Crippen molar-refractivity contribution >= 4 is 29.2 Å². The van der Waals surface area contributed by atoms with E-state index in [-0.39, 0.29) is 6.42 Å². The lowest BCUT2D eigenvalue weighted by Crippen LogP contribution is -2.32. The SMILES string of the molecule is COc1ccc(OC)c(NC(=O)[C@H](CC(=O)[O-])Cc2ccc(Cl)cc2)c1. The van der Waals surface area contributed by atoms with Crippen LogP contribution in [-0.4, -0.2) is 26.1 Å². The molecule has 1 atom stereocenters. The summed E-state index contributed by atoms with van der Waals surface area (Å²) in [4.78, 5) is 23.7. The number of carboxylic acid groups (broad SMARTS) is 1. The van der Waals surface area contributed by atoms with E-state index in [1.54, 1.807) is 42.5 Å². The number of nitrogens with one attached hydrogen (secondary N) is 1. The van der Waals surface area contributed by atoms with E-state index in [4.69, 9.17) is 21.1 Å². The number of rotatable bonds is 8. The molecule has 26 heavy (non-hydrogen) atoms. The fourth-order valence-corrected chi connectivity index (χ4v) is 2.64. The second-order valence-electron chi connectivity index (χ2n) is 5.66. The van der Waals surface area contributed by atoms with Crippen LogP contribution in [0.3, 0.4) is 0 Å². The van der Waals surface area contributed by atoms with Gasteiger partial charge < -0.3 is 24.7 Å². The maximum atomic E-state index is 12.7. The lowest BCUT2D eigenvalue weighted by atomic mass is 9.95. The first-order valence-electron chi connectivity index (χ1n) is 7.90. The van der Waals surface area contributed by atoms with Gasteiger partial charge >= 0.3 is 0 Å². The van der Waals surface area contributed by atoms with Gasteiger partial charge in [-0.1, -0.05) is 23.7 Å². The van der Waals surface area contributed by atoms with Crippen LogP contribution in [0.4, 0.5) is 5.69 Å². The Morgan fingerprint density at radius 1 is 1.12 bits per heavy atom. The van der Waals surface area contributed by atoms with Gasteiger partial charge in [0.2, 0.25) is 5.91 Å². The molecule has 1 N–H and O–H groups in total. The van der Waals surface area contributed by atoms with Gasteiger partial charge in [0.25, 0.3) is 0 Å². The second kappa shape index (κ2) is 9.10. The summed E-state index contributed by atoms with van der Waals surface area (Å²) < 4.78 is 10.4. The number of amides is 1. The van der Waals surface area contributed by atoms with Crippen LogP contribution < -0.4 is 19.9 Å². The standard InChI is InChI=1S/C19H20ClNO5/c1-25-15-7-8-17(26-2)16(11-15)21-19(24)13(10-18(22)23)9-12-3-5-14(20)6-4-12/h3-8,11,13H,9-10H2,1-2H3,(H,21,24)(H,22,23)/p-1/t13-/m0/s1. The molecule has 2 aromatic carbocycles. The molecule has 0 bridgehead atoms. The Morgan fingerprint density at radius 2 is 1.81 bits per heavy atom. The number of hydrogen-bond acceptors (Lipinski definition) is 5. The highest BCUT2D eigenvalue weighted by atomic mass is 35.5. The van der Waals surface area contributed by atoms with Crippen LogP contribution in [0.1, 0.15) is 12.0 Å². The fourth-order valence-electron chi connectivity index (χ4n) is 2.51. The first-order valence-corrected chi connectivity index (χ1v) is 8.28. The quantitative estimate of drug-likeness (QED) is 0.763. The average molecular weight is 377 g/mol. The topological polar surface area (TPSA) is 87.7 Å². The Morgan fingerprint density at radius 3 is 2.38 bits per heavy atom. The fraction of sp³-hybridized carbons (Fsp3) is 0.263. The van der Waals surface area contributed by atoms with Crippen molar-refractivity contribution in [3.8, 4) is 11.5 Å². The zero-order valence-electron chi connectivity index (χ0n) is 14.5. The van der Waals surface area contributed by atoms with Gasteiger partial charge in [-0.25, -0.2) is 0 Å². The molecule has 7 heteroatoms. The summed E-state index contributed by atoms with van der Waals surface area (Å²) in [6, 6.07) is 11.8. The summed E-state index contributed by atoms with van der Waals surface area (Å²) in [5.41, 5.74) is 1.20. The second-order valence-corrected chi connectivity index (χ2v) is 6.10. The minimum Gasteiger partial charge on any atom is -0.550 e. The van der Waals surface area contributed by atoms with Gasteiger partial charge in [-0.3, -0.25) is 4.79 Å². The van der Waals surface area contributed by atoms with Crippen molar-refractivity contribution < 1.29 is 24.2 Å². The normalized spacial score (nSPS) is 11.5. The molecule has 0 aliphatic heterocycles. The van der Waals surface area contributed by atoms with E-state index in [0.717, 1.165) is 5.56 Å². The van der Waals surface area contributed by atoms with E-state index < -0.39 is 24.2 Å². The molecule has 1 amide bonds. The number of aliphatic carboxylic acids is 1. The van der Waals surface area contributed by atoms with Crippen molar-refractivity contribution in [2.45, 2.75) is 12.8 Å². The highest BCUT2D eigenvalue weighted by Gasteiger charge is 2.21. The van der Waals surface area contributed by atoms with Gasteiger partial charge in [0.1, 0.15) is 11.5 Å². The highest BCUT2D eigenvalue weighted by Crippen LogP contribution is 2.29. The van der Waals surface area contributed by atoms with Crippen molar-refractivity contribution in [1.82, 2.24) is 0 Å². The molecule has 0 saturated heterocycles. The number of anilines is 1. The Hall–Kier alpha value is -2.73. The van der Waals surface area contributed by atoms with Crippen LogP contribution in [0.5, 0.6) is 11.5 Å². The Balaban J connectivity index is 2.21. The Kier molecular flexibility index (Phi) is 6.86. The van der Waals surface area contributed by atoms with E-state index in [0.29, 0.717) is 22.2 Å². The van der Waals surface area contributed by atoms with Gasteiger partial charge in [-0.2, -0.15) is 0 Å². The number of carboxylic acids is 1. The number of ether oxygens (including phenoxy) is 2. The number of carbonyl (C=O) groups is 2. The smallest absolute Gasteiger partial charge is 0.228 e. The van der Waals surface area contributed by atoms with Crippen LogP contribution in [0.15, 0.2) is 42.5 Å². The summed E-state index contributed by atoms with van der Waals surface area (Å²) in [7, 11) is 2.98. The van der Waals surface area contributed by atoms with E-state index >= 15 is 0 Å². The molecule has 0 aromatic heterocycles. The molecule has 0 saturated carbocycles. The lowest BCUT2D eigenvalue weighted by Gasteiger charge is -2.19. The monoisotopic (exact) mass is 376 g/mol. The third-order valence-electron chi connectivity index (χ3n) is 3.84. The number of hydrogen-bond donors (Lipinski definition) is 1. The van der Waals surface area contributed by atoms with Crippen LogP contribution in [-0.2, 0) is 16.0 Å². The molecular weight excluding hydrogens is 358 g/mol. The number of carbonyl (C=O) groups excluding carboxylic acids is 2. The number of methoxy groups -OCH3 is 2. The third kappa shape index (κ3) is 5.39. The molecule has 2 rings (SSSR count).